The summed E-state index contributed by atoms with van der Waals surface area (Å²) in [4.78, 5) is 11.7. The van der Waals surface area contributed by atoms with Gasteiger partial charge in [0.15, 0.2) is 0 Å². The van der Waals surface area contributed by atoms with Crippen molar-refractivity contribution in [1.29, 1.82) is 0 Å². The number of benzene rings is 2. The van der Waals surface area contributed by atoms with Crippen LogP contribution in [0.4, 0.5) is 0 Å². The van der Waals surface area contributed by atoms with Crippen molar-refractivity contribution < 1.29 is 14.1 Å². The lowest BCUT2D eigenvalue weighted by atomic mass is 10.0. The van der Waals surface area contributed by atoms with E-state index in [1.54, 1.807) is 36.6 Å². The molecule has 3 nitrogen and oxygen atoms in total. The third kappa shape index (κ3) is 3.03. The van der Waals surface area contributed by atoms with Crippen LogP contribution in [-0.4, -0.2) is 21.5 Å². The lowest BCUT2D eigenvalue weighted by molar-refractivity contribution is 0.0697. The van der Waals surface area contributed by atoms with Crippen LogP contribution in [0.25, 0.3) is 11.1 Å². The zero-order valence-corrected chi connectivity index (χ0v) is 11.7. The molecule has 2 aromatic rings. The van der Waals surface area contributed by atoms with Crippen LogP contribution in [0.3, 0.4) is 0 Å². The molecule has 0 aromatic heterocycles. The number of hydrogen-bond acceptors (Lipinski definition) is 2. The van der Waals surface area contributed by atoms with Crippen LogP contribution in [0.5, 0.6) is 0 Å². The third-order valence-electron chi connectivity index (χ3n) is 2.71. The molecule has 0 bridgehead atoms. The van der Waals surface area contributed by atoms with Gasteiger partial charge in [0.05, 0.1) is 5.56 Å². The van der Waals surface area contributed by atoms with Gasteiger partial charge in [-0.25, -0.2) is 4.79 Å². The zero-order chi connectivity index (χ0) is 14.0. The summed E-state index contributed by atoms with van der Waals surface area (Å²) in [5, 5.41) is 9.46. The molecule has 0 spiro atoms. The van der Waals surface area contributed by atoms with Crippen LogP contribution in [0.2, 0.25) is 5.02 Å². The van der Waals surface area contributed by atoms with Gasteiger partial charge < -0.3 is 5.11 Å². The van der Waals surface area contributed by atoms with E-state index in [9.17, 15) is 9.00 Å². The summed E-state index contributed by atoms with van der Waals surface area (Å²) >= 11 is 6.08. The van der Waals surface area contributed by atoms with E-state index in [4.69, 9.17) is 16.7 Å². The second-order valence-electron chi connectivity index (χ2n) is 3.98. The van der Waals surface area contributed by atoms with Gasteiger partial charge in [0.25, 0.3) is 0 Å². The molecule has 5 heteroatoms. The Morgan fingerprint density at radius 2 is 1.79 bits per heavy atom. The molecule has 1 atom stereocenters. The lowest BCUT2D eigenvalue weighted by Gasteiger charge is -2.06. The molecular weight excluding hydrogens is 284 g/mol. The van der Waals surface area contributed by atoms with Gasteiger partial charge in [-0.3, -0.25) is 4.21 Å². The highest BCUT2D eigenvalue weighted by Crippen LogP contribution is 2.29. The van der Waals surface area contributed by atoms with Crippen LogP contribution >= 0.6 is 11.6 Å². The number of carbonyl (C=O) groups is 1. The number of rotatable bonds is 3. The average molecular weight is 295 g/mol. The molecule has 1 N–H and O–H groups in total. The first-order valence-electron chi connectivity index (χ1n) is 5.46. The van der Waals surface area contributed by atoms with Crippen molar-refractivity contribution in [3.63, 3.8) is 0 Å². The number of carboxylic acids is 1. The number of aromatic carboxylic acids is 1. The molecule has 0 aliphatic rings. The zero-order valence-electron chi connectivity index (χ0n) is 10.1. The minimum Gasteiger partial charge on any atom is -0.478 e. The Kier molecular flexibility index (Phi) is 4.02. The second-order valence-corrected chi connectivity index (χ2v) is 5.77. The Bertz CT molecular complexity index is 650. The van der Waals surface area contributed by atoms with Gasteiger partial charge in [0.1, 0.15) is 0 Å². The fourth-order valence-corrected chi connectivity index (χ4v) is 2.45. The Balaban J connectivity index is 2.48. The minimum absolute atomic E-state index is 0.183. The molecule has 98 valence electrons. The smallest absolute Gasteiger partial charge is 0.335 e. The molecule has 0 aliphatic heterocycles. The Labute approximate surface area is 118 Å². The van der Waals surface area contributed by atoms with Crippen molar-refractivity contribution in [2.75, 3.05) is 6.26 Å². The molecular formula is C14H11ClO3S. The van der Waals surface area contributed by atoms with Gasteiger partial charge in [-0.15, -0.1) is 0 Å². The first-order valence-corrected chi connectivity index (χ1v) is 7.39. The van der Waals surface area contributed by atoms with Gasteiger partial charge >= 0.3 is 5.97 Å². The maximum absolute atomic E-state index is 11.3. The number of hydrogen-bond donors (Lipinski definition) is 1. The Hall–Kier alpha value is -1.65. The van der Waals surface area contributed by atoms with E-state index < -0.39 is 16.8 Å². The highest BCUT2D eigenvalue weighted by Gasteiger charge is 2.09. The molecule has 2 rings (SSSR count). The van der Waals surface area contributed by atoms with Gasteiger partial charge in [0, 0.05) is 32.5 Å². The highest BCUT2D eigenvalue weighted by molar-refractivity contribution is 7.84. The predicted octanol–water partition coefficient (Wildman–Crippen LogP) is 3.44. The van der Waals surface area contributed by atoms with Gasteiger partial charge in [-0.2, -0.15) is 0 Å². The summed E-state index contributed by atoms with van der Waals surface area (Å²) < 4.78 is 11.3. The number of carboxylic acid groups (broad SMARTS) is 1. The lowest BCUT2D eigenvalue weighted by Crippen LogP contribution is -1.96. The van der Waals surface area contributed by atoms with Crippen LogP contribution in [0.15, 0.2) is 47.4 Å². The largest absolute Gasteiger partial charge is 0.478 e. The predicted molar refractivity (Wildman–Crippen MR) is 76.2 cm³/mol. The van der Waals surface area contributed by atoms with E-state index in [0.29, 0.717) is 15.5 Å². The summed E-state index contributed by atoms with van der Waals surface area (Å²) in [6.45, 7) is 0. The van der Waals surface area contributed by atoms with Gasteiger partial charge in [-0.05, 0) is 35.9 Å². The molecule has 0 aliphatic carbocycles. The van der Waals surface area contributed by atoms with Crippen molar-refractivity contribution >= 4 is 28.4 Å². The van der Waals surface area contributed by atoms with Crippen molar-refractivity contribution in [2.45, 2.75) is 4.90 Å². The highest BCUT2D eigenvalue weighted by atomic mass is 35.5. The SMILES string of the molecule is CS(=O)c1ccc(-c2cc(C(=O)O)ccc2Cl)cc1. The first kappa shape index (κ1) is 13.8. The molecule has 0 saturated heterocycles. The standard InChI is InChI=1S/C14H11ClO3S/c1-19(18)11-5-2-9(3-6-11)12-8-10(14(16)17)4-7-13(12)15/h2-8H,1H3,(H,16,17). The van der Waals surface area contributed by atoms with E-state index in [0.717, 1.165) is 5.56 Å². The van der Waals surface area contributed by atoms with E-state index >= 15 is 0 Å². The quantitative estimate of drug-likeness (QED) is 0.943. The molecule has 1 unspecified atom stereocenters. The molecule has 0 saturated carbocycles. The third-order valence-corrected chi connectivity index (χ3v) is 3.98. The van der Waals surface area contributed by atoms with Crippen LogP contribution in [-0.2, 0) is 10.8 Å². The Morgan fingerprint density at radius 1 is 1.16 bits per heavy atom. The summed E-state index contributed by atoms with van der Waals surface area (Å²) in [5.74, 6) is -0.996. The van der Waals surface area contributed by atoms with Gasteiger partial charge in [0.2, 0.25) is 0 Å². The minimum atomic E-state index is -1.04. The maximum Gasteiger partial charge on any atom is 0.335 e. The van der Waals surface area contributed by atoms with Crippen molar-refractivity contribution in [3.8, 4) is 11.1 Å². The fourth-order valence-electron chi connectivity index (χ4n) is 1.71. The van der Waals surface area contributed by atoms with Crippen LogP contribution in [0, 0.1) is 0 Å². The normalized spacial score (nSPS) is 12.1. The topological polar surface area (TPSA) is 54.4 Å². The van der Waals surface area contributed by atoms with Crippen molar-refractivity contribution in [2.24, 2.45) is 0 Å². The maximum atomic E-state index is 11.3. The monoisotopic (exact) mass is 294 g/mol. The van der Waals surface area contributed by atoms with Crippen molar-refractivity contribution in [3.05, 3.63) is 53.1 Å². The molecule has 0 radical (unpaired) electrons. The van der Waals surface area contributed by atoms with E-state index in [2.05, 4.69) is 0 Å². The summed E-state index contributed by atoms with van der Waals surface area (Å²) in [7, 11) is -1.04. The van der Waals surface area contributed by atoms with E-state index in [-0.39, 0.29) is 5.56 Å². The van der Waals surface area contributed by atoms with E-state index in [1.807, 2.05) is 0 Å². The van der Waals surface area contributed by atoms with Crippen LogP contribution in [0.1, 0.15) is 10.4 Å². The molecule has 0 heterocycles. The number of halogens is 1. The summed E-state index contributed by atoms with van der Waals surface area (Å²) in [5.41, 5.74) is 1.62. The van der Waals surface area contributed by atoms with Gasteiger partial charge in [-0.1, -0.05) is 23.7 Å². The van der Waals surface area contributed by atoms with Crippen molar-refractivity contribution in [1.82, 2.24) is 0 Å². The first-order chi connectivity index (χ1) is 8.99. The average Bonchev–Trinajstić information content (AvgIpc) is 2.39. The van der Waals surface area contributed by atoms with E-state index in [1.165, 1.54) is 12.1 Å². The molecule has 0 fully saturated rings. The summed E-state index contributed by atoms with van der Waals surface area (Å²) in [6, 6.07) is 11.6. The summed E-state index contributed by atoms with van der Waals surface area (Å²) in [6.07, 6.45) is 1.60. The Morgan fingerprint density at radius 3 is 2.32 bits per heavy atom. The molecule has 2 aromatic carbocycles. The molecule has 0 amide bonds. The second kappa shape index (κ2) is 5.55. The fraction of sp³-hybridized carbons (Fsp3) is 0.0714. The molecule has 19 heavy (non-hydrogen) atoms. The van der Waals surface area contributed by atoms with Crippen LogP contribution < -0.4 is 0 Å².